The molecular weight excluding hydrogens is 413 g/mol. The zero-order valence-electron chi connectivity index (χ0n) is 17.9. The van der Waals surface area contributed by atoms with Gasteiger partial charge in [0.05, 0.1) is 23.2 Å². The molecule has 2 aromatic carbocycles. The maximum Gasteiger partial charge on any atom is 0.346 e. The number of ether oxygens (including phenoxy) is 1. The number of nitrogens with zero attached hydrogens (tertiary/aromatic N) is 4. The van der Waals surface area contributed by atoms with Gasteiger partial charge in [-0.15, -0.1) is 5.01 Å². The lowest BCUT2D eigenvalue weighted by molar-refractivity contribution is -0.130. The highest BCUT2D eigenvalue weighted by molar-refractivity contribution is 6.07. The lowest BCUT2D eigenvalue weighted by Gasteiger charge is -2.17. The first-order valence-electron chi connectivity index (χ1n) is 10.1. The van der Waals surface area contributed by atoms with Gasteiger partial charge in [-0.05, 0) is 56.7 Å². The summed E-state index contributed by atoms with van der Waals surface area (Å²) in [7, 11) is 0. The van der Waals surface area contributed by atoms with Crippen LogP contribution in [0, 0.1) is 12.7 Å². The van der Waals surface area contributed by atoms with E-state index in [1.807, 2.05) is 37.3 Å². The minimum atomic E-state index is -0.995. The second-order valence-corrected chi connectivity index (χ2v) is 7.58. The Labute approximate surface area is 184 Å². The zero-order valence-corrected chi connectivity index (χ0v) is 17.9. The summed E-state index contributed by atoms with van der Waals surface area (Å²) in [4.78, 5) is 24.9. The molecule has 164 valence electrons. The van der Waals surface area contributed by atoms with Crippen LogP contribution in [0.25, 0.3) is 5.69 Å². The lowest BCUT2D eigenvalue weighted by atomic mass is 10.00. The van der Waals surface area contributed by atoms with Crippen LogP contribution in [0.2, 0.25) is 0 Å². The number of imide groups is 1. The minimum Gasteiger partial charge on any atom is -0.438 e. The monoisotopic (exact) mass is 435 g/mol. The highest BCUT2D eigenvalue weighted by atomic mass is 19.1. The maximum atomic E-state index is 13.3. The first-order valence-corrected chi connectivity index (χ1v) is 10.1. The van der Waals surface area contributed by atoms with Crippen molar-refractivity contribution in [3.8, 4) is 17.3 Å². The molecule has 8 nitrogen and oxygen atoms in total. The molecule has 3 aromatic rings. The van der Waals surface area contributed by atoms with Gasteiger partial charge in [-0.3, -0.25) is 4.79 Å². The van der Waals surface area contributed by atoms with Crippen LogP contribution >= 0.6 is 0 Å². The van der Waals surface area contributed by atoms with Crippen LogP contribution < -0.4 is 10.1 Å². The SMILES string of the molecule is CCC1(C)NC(=O)N(/N=C/c2c(C)nn(-c3ccccc3)c2Oc2ccc(F)cc2)C1=O. The molecule has 0 radical (unpaired) electrons. The molecule has 0 saturated carbocycles. The molecule has 0 bridgehead atoms. The predicted octanol–water partition coefficient (Wildman–Crippen LogP) is 4.17. The summed E-state index contributed by atoms with van der Waals surface area (Å²) in [5.74, 6) is -0.110. The van der Waals surface area contributed by atoms with Crippen molar-refractivity contribution in [1.82, 2.24) is 20.1 Å². The van der Waals surface area contributed by atoms with Crippen LogP contribution in [0.3, 0.4) is 0 Å². The van der Waals surface area contributed by atoms with Gasteiger partial charge in [0.1, 0.15) is 17.1 Å². The topological polar surface area (TPSA) is 88.8 Å². The van der Waals surface area contributed by atoms with Crippen LogP contribution in [-0.4, -0.2) is 38.5 Å². The van der Waals surface area contributed by atoms with E-state index in [4.69, 9.17) is 4.74 Å². The average molecular weight is 435 g/mol. The van der Waals surface area contributed by atoms with Crippen molar-refractivity contribution in [2.45, 2.75) is 32.7 Å². The molecule has 2 heterocycles. The second kappa shape index (κ2) is 8.26. The van der Waals surface area contributed by atoms with E-state index in [9.17, 15) is 14.0 Å². The van der Waals surface area contributed by atoms with Crippen molar-refractivity contribution in [1.29, 1.82) is 0 Å². The standard InChI is InChI=1S/C23H22FN5O3/c1-4-23(3)21(30)29(22(31)26-23)25-14-19-15(2)27-28(17-8-6-5-7-9-17)20(19)32-18-12-10-16(24)11-13-18/h5-14H,4H2,1-3H3,(H,26,31)/b25-14+. The Balaban J connectivity index is 1.75. The summed E-state index contributed by atoms with van der Waals surface area (Å²) in [6.07, 6.45) is 1.81. The van der Waals surface area contributed by atoms with Gasteiger partial charge in [0.2, 0.25) is 5.88 Å². The van der Waals surface area contributed by atoms with Crippen molar-refractivity contribution >= 4 is 18.2 Å². The summed E-state index contributed by atoms with van der Waals surface area (Å²) in [6.45, 7) is 5.24. The number of aryl methyl sites for hydroxylation is 1. The fourth-order valence-corrected chi connectivity index (χ4v) is 3.25. The number of carbonyl (C=O) groups is 2. The van der Waals surface area contributed by atoms with Crippen LogP contribution in [0.1, 0.15) is 31.5 Å². The molecule has 0 spiro atoms. The summed E-state index contributed by atoms with van der Waals surface area (Å²) < 4.78 is 21.0. The highest BCUT2D eigenvalue weighted by Gasteiger charge is 2.46. The van der Waals surface area contributed by atoms with Gasteiger partial charge in [-0.1, -0.05) is 25.1 Å². The van der Waals surface area contributed by atoms with Crippen molar-refractivity contribution in [2.75, 3.05) is 0 Å². The number of hydrazone groups is 1. The molecule has 1 atom stereocenters. The Morgan fingerprint density at radius 3 is 2.47 bits per heavy atom. The number of hydrogen-bond acceptors (Lipinski definition) is 5. The summed E-state index contributed by atoms with van der Waals surface area (Å²) in [5, 5.41) is 12.1. The Bertz CT molecular complexity index is 1190. The number of rotatable bonds is 6. The number of hydrogen-bond donors (Lipinski definition) is 1. The summed E-state index contributed by atoms with van der Waals surface area (Å²) in [5.41, 5.74) is 0.787. The fraction of sp³-hybridized carbons (Fsp3) is 0.217. The van der Waals surface area contributed by atoms with Gasteiger partial charge in [0.15, 0.2) is 0 Å². The van der Waals surface area contributed by atoms with Gasteiger partial charge < -0.3 is 10.1 Å². The first kappa shape index (κ1) is 21.2. The van der Waals surface area contributed by atoms with Gasteiger partial charge in [0, 0.05) is 0 Å². The molecule has 1 aliphatic heterocycles. The number of nitrogens with one attached hydrogen (secondary N) is 1. The van der Waals surface area contributed by atoms with Crippen LogP contribution in [0.5, 0.6) is 11.6 Å². The predicted molar refractivity (Wildman–Crippen MR) is 116 cm³/mol. The van der Waals surface area contributed by atoms with Crippen LogP contribution in [0.15, 0.2) is 59.7 Å². The molecule has 1 N–H and O–H groups in total. The molecule has 4 rings (SSSR count). The average Bonchev–Trinajstić information content (AvgIpc) is 3.21. The van der Waals surface area contributed by atoms with Gasteiger partial charge in [0.25, 0.3) is 5.91 Å². The van der Waals surface area contributed by atoms with E-state index in [2.05, 4.69) is 15.5 Å². The van der Waals surface area contributed by atoms with E-state index >= 15 is 0 Å². The van der Waals surface area contributed by atoms with Crippen molar-refractivity contribution in [2.24, 2.45) is 5.10 Å². The molecule has 32 heavy (non-hydrogen) atoms. The number of amides is 3. The van der Waals surface area contributed by atoms with E-state index in [-0.39, 0.29) is 5.82 Å². The van der Waals surface area contributed by atoms with Gasteiger partial charge >= 0.3 is 6.03 Å². The van der Waals surface area contributed by atoms with E-state index < -0.39 is 17.5 Å². The van der Waals surface area contributed by atoms with E-state index in [0.717, 1.165) is 10.7 Å². The summed E-state index contributed by atoms with van der Waals surface area (Å²) in [6, 6.07) is 14.3. The van der Waals surface area contributed by atoms with Crippen LogP contribution in [0.4, 0.5) is 9.18 Å². The Hall–Kier alpha value is -4.01. The number of para-hydroxylation sites is 1. The third kappa shape index (κ3) is 3.84. The molecule has 1 fully saturated rings. The third-order valence-corrected chi connectivity index (χ3v) is 5.34. The third-order valence-electron chi connectivity index (χ3n) is 5.34. The van der Waals surface area contributed by atoms with Crippen molar-refractivity contribution in [3.05, 3.63) is 71.7 Å². The lowest BCUT2D eigenvalue weighted by Crippen LogP contribution is -2.42. The molecule has 9 heteroatoms. The number of urea groups is 1. The van der Waals surface area contributed by atoms with Crippen LogP contribution in [-0.2, 0) is 4.79 Å². The number of carbonyl (C=O) groups excluding carboxylic acids is 2. The number of aromatic nitrogens is 2. The molecular formula is C23H22FN5O3. The Morgan fingerprint density at radius 2 is 1.84 bits per heavy atom. The normalized spacial score (nSPS) is 18.4. The highest BCUT2D eigenvalue weighted by Crippen LogP contribution is 2.30. The zero-order chi connectivity index (χ0) is 22.9. The quantitative estimate of drug-likeness (QED) is 0.465. The minimum absolute atomic E-state index is 0.314. The van der Waals surface area contributed by atoms with Gasteiger partial charge in [-0.2, -0.15) is 14.9 Å². The van der Waals surface area contributed by atoms with E-state index in [0.29, 0.717) is 29.3 Å². The molecule has 1 saturated heterocycles. The number of halogens is 1. The van der Waals surface area contributed by atoms with Crippen molar-refractivity contribution in [3.63, 3.8) is 0 Å². The molecule has 3 amide bonds. The fourth-order valence-electron chi connectivity index (χ4n) is 3.25. The number of benzene rings is 2. The second-order valence-electron chi connectivity index (χ2n) is 7.58. The Kier molecular flexibility index (Phi) is 5.48. The molecule has 1 unspecified atom stereocenters. The largest absolute Gasteiger partial charge is 0.438 e. The van der Waals surface area contributed by atoms with Crippen molar-refractivity contribution < 1.29 is 18.7 Å². The molecule has 0 aliphatic carbocycles. The first-order chi connectivity index (χ1) is 15.3. The van der Waals surface area contributed by atoms with E-state index in [1.54, 1.807) is 18.5 Å². The van der Waals surface area contributed by atoms with Gasteiger partial charge in [-0.25, -0.2) is 9.18 Å². The molecule has 1 aromatic heterocycles. The Morgan fingerprint density at radius 1 is 1.16 bits per heavy atom. The maximum absolute atomic E-state index is 13.3. The smallest absolute Gasteiger partial charge is 0.346 e. The van der Waals surface area contributed by atoms with E-state index in [1.165, 1.54) is 30.5 Å². The summed E-state index contributed by atoms with van der Waals surface area (Å²) >= 11 is 0. The molecule has 1 aliphatic rings.